The highest BCUT2D eigenvalue weighted by atomic mass is 35.5. The second-order valence-corrected chi connectivity index (χ2v) is 6.76. The van der Waals surface area contributed by atoms with Gasteiger partial charge >= 0.3 is 6.03 Å². The first-order chi connectivity index (χ1) is 12.4. The lowest BCUT2D eigenvalue weighted by Gasteiger charge is -2.31. The van der Waals surface area contributed by atoms with Crippen molar-refractivity contribution in [3.63, 3.8) is 0 Å². The first kappa shape index (κ1) is 16.4. The number of nitrogens with one attached hydrogen (secondary N) is 2. The molecule has 0 radical (unpaired) electrons. The summed E-state index contributed by atoms with van der Waals surface area (Å²) in [5, 5.41) is 15.1. The standard InChI is InChI=1S/C18H14ClN3O4/c19-12-5-4-10-8-22(15(24)14(10)7-12)9-18(16(25)20-17(26)21-18)11-2-1-3-13(23)6-11/h1-7,23H,8-9H2,(H2,20,21,25,26). The fourth-order valence-corrected chi connectivity index (χ4v) is 3.59. The van der Waals surface area contributed by atoms with Crippen molar-refractivity contribution < 1.29 is 19.5 Å². The molecule has 4 amide bonds. The van der Waals surface area contributed by atoms with E-state index in [4.69, 9.17) is 11.6 Å². The predicted molar refractivity (Wildman–Crippen MR) is 92.7 cm³/mol. The zero-order valence-corrected chi connectivity index (χ0v) is 14.2. The van der Waals surface area contributed by atoms with Crippen molar-refractivity contribution in [2.24, 2.45) is 0 Å². The number of carbonyl (C=O) groups excluding carboxylic acids is 3. The normalized spacial score (nSPS) is 21.6. The molecule has 1 fully saturated rings. The number of aromatic hydroxyl groups is 1. The van der Waals surface area contributed by atoms with Gasteiger partial charge in [-0.2, -0.15) is 0 Å². The second-order valence-electron chi connectivity index (χ2n) is 6.33. The molecule has 2 aromatic carbocycles. The Hall–Kier alpha value is -3.06. The van der Waals surface area contributed by atoms with E-state index in [0.29, 0.717) is 22.7 Å². The summed E-state index contributed by atoms with van der Waals surface area (Å²) in [5.41, 5.74) is 0.197. The molecule has 2 aliphatic rings. The average Bonchev–Trinajstić information content (AvgIpc) is 3.05. The molecule has 26 heavy (non-hydrogen) atoms. The second kappa shape index (κ2) is 5.74. The van der Waals surface area contributed by atoms with Crippen LogP contribution in [0.15, 0.2) is 42.5 Å². The number of nitrogens with zero attached hydrogens (tertiary/aromatic N) is 1. The van der Waals surface area contributed by atoms with E-state index >= 15 is 0 Å². The Labute approximate surface area is 153 Å². The van der Waals surface area contributed by atoms with Gasteiger partial charge < -0.3 is 15.3 Å². The number of amides is 4. The van der Waals surface area contributed by atoms with E-state index in [1.807, 2.05) is 0 Å². The minimum atomic E-state index is -1.47. The molecule has 0 aromatic heterocycles. The highest BCUT2D eigenvalue weighted by Crippen LogP contribution is 2.33. The van der Waals surface area contributed by atoms with Gasteiger partial charge in [0, 0.05) is 17.1 Å². The van der Waals surface area contributed by atoms with E-state index in [9.17, 15) is 19.5 Å². The van der Waals surface area contributed by atoms with E-state index in [1.165, 1.54) is 17.0 Å². The quantitative estimate of drug-likeness (QED) is 0.715. The summed E-state index contributed by atoms with van der Waals surface area (Å²) in [6.45, 7) is 0.230. The SMILES string of the molecule is O=C1NC(=O)C(CN2Cc3ccc(Cl)cc3C2=O)(c2cccc(O)c2)N1. The first-order valence-corrected chi connectivity index (χ1v) is 8.28. The Morgan fingerprint density at radius 3 is 2.65 bits per heavy atom. The van der Waals surface area contributed by atoms with E-state index < -0.39 is 17.5 Å². The molecule has 0 spiro atoms. The third kappa shape index (κ3) is 2.48. The Kier molecular flexibility index (Phi) is 3.62. The van der Waals surface area contributed by atoms with Crippen molar-refractivity contribution in [3.8, 4) is 5.75 Å². The van der Waals surface area contributed by atoms with Gasteiger partial charge in [0.1, 0.15) is 5.75 Å². The fourth-order valence-electron chi connectivity index (χ4n) is 3.42. The molecule has 1 unspecified atom stereocenters. The third-order valence-corrected chi connectivity index (χ3v) is 4.89. The third-order valence-electron chi connectivity index (χ3n) is 4.66. The number of fused-ring (bicyclic) bond motifs is 1. The molecule has 1 saturated heterocycles. The molecule has 4 rings (SSSR count). The zero-order chi connectivity index (χ0) is 18.5. The van der Waals surface area contributed by atoms with Crippen LogP contribution in [0.1, 0.15) is 21.5 Å². The lowest BCUT2D eigenvalue weighted by Crippen LogP contribution is -2.52. The summed E-state index contributed by atoms with van der Waals surface area (Å²) >= 11 is 5.97. The van der Waals surface area contributed by atoms with Gasteiger partial charge in [-0.25, -0.2) is 4.79 Å². The van der Waals surface area contributed by atoms with Crippen LogP contribution in [0.5, 0.6) is 5.75 Å². The number of hydrogen-bond acceptors (Lipinski definition) is 4. The van der Waals surface area contributed by atoms with Crippen molar-refractivity contribution >= 4 is 29.4 Å². The monoisotopic (exact) mass is 371 g/mol. The fraction of sp³-hybridized carbons (Fsp3) is 0.167. The van der Waals surface area contributed by atoms with Crippen LogP contribution >= 0.6 is 11.6 Å². The molecule has 0 aliphatic carbocycles. The highest BCUT2D eigenvalue weighted by Gasteiger charge is 2.50. The number of hydrogen-bond donors (Lipinski definition) is 3. The summed E-state index contributed by atoms with van der Waals surface area (Å²) in [6.07, 6.45) is 0. The summed E-state index contributed by atoms with van der Waals surface area (Å²) in [5.74, 6) is -0.885. The predicted octanol–water partition coefficient (Wildman–Crippen LogP) is 1.74. The van der Waals surface area contributed by atoms with Gasteiger partial charge in [-0.1, -0.05) is 29.8 Å². The van der Waals surface area contributed by atoms with Crippen LogP contribution in [0.2, 0.25) is 5.02 Å². The number of urea groups is 1. The van der Waals surface area contributed by atoms with Crippen LogP contribution in [-0.2, 0) is 16.9 Å². The van der Waals surface area contributed by atoms with Gasteiger partial charge in [-0.05, 0) is 35.4 Å². The maximum Gasteiger partial charge on any atom is 0.322 e. The van der Waals surface area contributed by atoms with Crippen molar-refractivity contribution in [1.82, 2.24) is 15.5 Å². The molecule has 8 heteroatoms. The molecule has 2 aromatic rings. The maximum absolute atomic E-state index is 12.7. The summed E-state index contributed by atoms with van der Waals surface area (Å²) in [6, 6.07) is 10.5. The number of carbonyl (C=O) groups is 3. The largest absolute Gasteiger partial charge is 0.508 e. The molecule has 7 nitrogen and oxygen atoms in total. The molecule has 0 bridgehead atoms. The summed E-state index contributed by atoms with van der Waals surface area (Å²) in [4.78, 5) is 38.6. The minimum absolute atomic E-state index is 0.0429. The van der Waals surface area contributed by atoms with Crippen molar-refractivity contribution in [2.75, 3.05) is 6.54 Å². The van der Waals surface area contributed by atoms with Gasteiger partial charge in [0.15, 0.2) is 5.54 Å². The van der Waals surface area contributed by atoms with E-state index in [1.54, 1.807) is 30.3 Å². The summed E-state index contributed by atoms with van der Waals surface area (Å²) in [7, 11) is 0. The topological polar surface area (TPSA) is 98.7 Å². The molecular formula is C18H14ClN3O4. The molecule has 0 saturated carbocycles. The molecule has 2 heterocycles. The number of phenolic OH excluding ortho intramolecular Hbond substituents is 1. The van der Waals surface area contributed by atoms with Crippen molar-refractivity contribution in [3.05, 3.63) is 64.2 Å². The molecule has 1 atom stereocenters. The van der Waals surface area contributed by atoms with Crippen LogP contribution < -0.4 is 10.6 Å². The summed E-state index contributed by atoms with van der Waals surface area (Å²) < 4.78 is 0. The number of halogens is 1. The molecule has 132 valence electrons. The number of imide groups is 1. The molecule has 3 N–H and O–H groups in total. The molecule has 2 aliphatic heterocycles. The van der Waals surface area contributed by atoms with Crippen LogP contribution in [0.3, 0.4) is 0 Å². The Bertz CT molecular complexity index is 961. The van der Waals surface area contributed by atoms with Crippen LogP contribution in [0.4, 0.5) is 4.79 Å². The van der Waals surface area contributed by atoms with Crippen LogP contribution in [0, 0.1) is 0 Å². The van der Waals surface area contributed by atoms with Gasteiger partial charge in [-0.3, -0.25) is 14.9 Å². The smallest absolute Gasteiger partial charge is 0.322 e. The van der Waals surface area contributed by atoms with Crippen LogP contribution in [0.25, 0.3) is 0 Å². The molecular weight excluding hydrogens is 358 g/mol. The van der Waals surface area contributed by atoms with E-state index in [-0.39, 0.29) is 18.2 Å². The Morgan fingerprint density at radius 1 is 1.15 bits per heavy atom. The van der Waals surface area contributed by atoms with Gasteiger partial charge in [0.05, 0.1) is 6.54 Å². The van der Waals surface area contributed by atoms with Crippen LogP contribution in [-0.4, -0.2) is 34.4 Å². The van der Waals surface area contributed by atoms with Crippen molar-refractivity contribution in [1.29, 1.82) is 0 Å². The van der Waals surface area contributed by atoms with Gasteiger partial charge in [-0.15, -0.1) is 0 Å². The lowest BCUT2D eigenvalue weighted by atomic mass is 9.89. The van der Waals surface area contributed by atoms with Gasteiger partial charge in [0.2, 0.25) is 0 Å². The Morgan fingerprint density at radius 2 is 1.96 bits per heavy atom. The van der Waals surface area contributed by atoms with Gasteiger partial charge in [0.25, 0.3) is 11.8 Å². The average molecular weight is 372 g/mol. The number of phenols is 1. The Balaban J connectivity index is 1.73. The van der Waals surface area contributed by atoms with E-state index in [2.05, 4.69) is 10.6 Å². The lowest BCUT2D eigenvalue weighted by molar-refractivity contribution is -0.124. The maximum atomic E-state index is 12.7. The number of benzene rings is 2. The highest BCUT2D eigenvalue weighted by molar-refractivity contribution is 6.31. The number of rotatable bonds is 3. The van der Waals surface area contributed by atoms with E-state index in [0.717, 1.165) is 5.56 Å². The first-order valence-electron chi connectivity index (χ1n) is 7.90. The zero-order valence-electron chi connectivity index (χ0n) is 13.5. The minimum Gasteiger partial charge on any atom is -0.508 e. The van der Waals surface area contributed by atoms with Crippen molar-refractivity contribution in [2.45, 2.75) is 12.1 Å².